The summed E-state index contributed by atoms with van der Waals surface area (Å²) in [5.41, 5.74) is 1.95. The Morgan fingerprint density at radius 3 is 2.65 bits per heavy atom. The molecule has 20 heavy (non-hydrogen) atoms. The fourth-order valence-corrected chi connectivity index (χ4v) is 1.77. The topological polar surface area (TPSA) is 37.6 Å². The van der Waals surface area contributed by atoms with E-state index in [4.69, 9.17) is 0 Å². The molecule has 0 saturated heterocycles. The van der Waals surface area contributed by atoms with Gasteiger partial charge in [0.25, 0.3) is 5.91 Å². The third kappa shape index (κ3) is 3.45. The molecule has 0 bridgehead atoms. The summed E-state index contributed by atoms with van der Waals surface area (Å²) >= 11 is 0. The molecule has 1 aromatic heterocycles. The number of carbonyl (C=O) groups excluding carboxylic acids is 1. The average molecular weight is 267 g/mol. The molecule has 0 radical (unpaired) electrons. The summed E-state index contributed by atoms with van der Waals surface area (Å²) in [5.74, 6) is -0.223. The van der Waals surface area contributed by atoms with Crippen LogP contribution in [-0.2, 0) is 18.4 Å². The Labute approximate surface area is 118 Å². The van der Waals surface area contributed by atoms with Crippen molar-refractivity contribution in [1.82, 2.24) is 9.58 Å². The minimum Gasteiger partial charge on any atom is -0.350 e. The van der Waals surface area contributed by atoms with Crippen molar-refractivity contribution in [3.63, 3.8) is 0 Å². The number of rotatable bonds is 5. The maximum atomic E-state index is 11.8. The number of aryl methyl sites for hydroxylation is 1. The van der Waals surface area contributed by atoms with Crippen molar-refractivity contribution in [2.45, 2.75) is 6.54 Å². The van der Waals surface area contributed by atoms with Crippen LogP contribution in [0, 0.1) is 0 Å². The molecule has 2 rings (SSSR count). The van der Waals surface area contributed by atoms with Gasteiger partial charge in [0.2, 0.25) is 0 Å². The van der Waals surface area contributed by atoms with E-state index in [9.17, 15) is 4.79 Å². The van der Waals surface area contributed by atoms with Crippen LogP contribution in [0.3, 0.4) is 0 Å². The smallest absolute Gasteiger partial charge is 0.266 e. The highest BCUT2D eigenvalue weighted by Gasteiger charge is 2.09. The van der Waals surface area contributed by atoms with E-state index in [1.165, 1.54) is 11.1 Å². The van der Waals surface area contributed by atoms with Gasteiger partial charge in [0.1, 0.15) is 0 Å². The Hall–Kier alpha value is -2.62. The van der Waals surface area contributed by atoms with Crippen LogP contribution in [0.1, 0.15) is 11.3 Å². The van der Waals surface area contributed by atoms with Gasteiger partial charge >= 0.3 is 0 Å². The summed E-state index contributed by atoms with van der Waals surface area (Å²) in [6.07, 6.45) is 4.87. The van der Waals surface area contributed by atoms with Crippen molar-refractivity contribution in [2.24, 2.45) is 12.1 Å². The molecule has 0 spiro atoms. The maximum Gasteiger partial charge on any atom is 0.266 e. The summed E-state index contributed by atoms with van der Waals surface area (Å²) in [4.78, 5) is 11.8. The second-order valence-corrected chi connectivity index (χ2v) is 4.37. The van der Waals surface area contributed by atoms with Crippen LogP contribution in [0.2, 0.25) is 0 Å². The largest absolute Gasteiger partial charge is 0.350 e. The predicted octanol–water partition coefficient (Wildman–Crippen LogP) is 2.57. The monoisotopic (exact) mass is 267 g/mol. The predicted molar refractivity (Wildman–Crippen MR) is 80.2 cm³/mol. The molecule has 0 unspecified atom stereocenters. The number of benzene rings is 1. The molecule has 0 aliphatic heterocycles. The van der Waals surface area contributed by atoms with E-state index in [1.807, 2.05) is 60.3 Å². The second-order valence-electron chi connectivity index (χ2n) is 4.37. The van der Waals surface area contributed by atoms with Gasteiger partial charge in [-0.05, 0) is 23.8 Å². The van der Waals surface area contributed by atoms with Crippen LogP contribution >= 0.6 is 0 Å². The fourth-order valence-electron chi connectivity index (χ4n) is 1.77. The molecule has 1 amide bonds. The van der Waals surface area contributed by atoms with E-state index in [1.54, 1.807) is 6.21 Å². The first kappa shape index (κ1) is 13.8. The van der Waals surface area contributed by atoms with Gasteiger partial charge in [-0.1, -0.05) is 36.9 Å². The zero-order valence-corrected chi connectivity index (χ0v) is 11.4. The van der Waals surface area contributed by atoms with E-state index >= 15 is 0 Å². The normalized spacial score (nSPS) is 10.7. The van der Waals surface area contributed by atoms with E-state index in [-0.39, 0.29) is 5.91 Å². The second kappa shape index (κ2) is 6.52. The molecule has 0 aliphatic carbocycles. The highest BCUT2D eigenvalue weighted by atomic mass is 16.2. The van der Waals surface area contributed by atoms with Crippen LogP contribution in [0.5, 0.6) is 0 Å². The quantitative estimate of drug-likeness (QED) is 0.466. The van der Waals surface area contributed by atoms with Gasteiger partial charge in [-0.15, -0.1) is 0 Å². The summed E-state index contributed by atoms with van der Waals surface area (Å²) in [6, 6.07) is 13.6. The number of amides is 1. The van der Waals surface area contributed by atoms with Gasteiger partial charge in [0.05, 0.1) is 18.5 Å². The average Bonchev–Trinajstić information content (AvgIpc) is 2.89. The first-order valence-corrected chi connectivity index (χ1v) is 6.34. The maximum absolute atomic E-state index is 11.8. The number of nitrogens with zero attached hydrogens (tertiary/aromatic N) is 3. The highest BCUT2D eigenvalue weighted by molar-refractivity contribution is 5.88. The van der Waals surface area contributed by atoms with Crippen LogP contribution < -0.4 is 0 Å². The molecular weight excluding hydrogens is 250 g/mol. The molecule has 0 aliphatic rings. The molecule has 4 nitrogen and oxygen atoms in total. The zero-order chi connectivity index (χ0) is 14.4. The first-order chi connectivity index (χ1) is 9.70. The molecule has 2 aromatic rings. The molecule has 0 fully saturated rings. The number of carbonyl (C=O) groups is 1. The lowest BCUT2D eigenvalue weighted by Crippen LogP contribution is -2.23. The Bertz CT molecular complexity index is 614. The van der Waals surface area contributed by atoms with Crippen molar-refractivity contribution in [3.05, 3.63) is 72.6 Å². The van der Waals surface area contributed by atoms with Gasteiger partial charge in [-0.3, -0.25) is 4.79 Å². The minimum absolute atomic E-state index is 0.223. The van der Waals surface area contributed by atoms with E-state index in [0.717, 1.165) is 11.3 Å². The molecule has 1 aromatic carbocycles. The Morgan fingerprint density at radius 2 is 2.05 bits per heavy atom. The lowest BCUT2D eigenvalue weighted by Gasteiger charge is -2.15. The van der Waals surface area contributed by atoms with Crippen molar-refractivity contribution < 1.29 is 4.79 Å². The molecule has 0 N–H and O–H groups in total. The minimum atomic E-state index is -0.223. The van der Waals surface area contributed by atoms with E-state index < -0.39 is 0 Å². The summed E-state index contributed by atoms with van der Waals surface area (Å²) in [6.45, 7) is 3.94. The third-order valence-electron chi connectivity index (χ3n) is 2.92. The third-order valence-corrected chi connectivity index (χ3v) is 2.92. The zero-order valence-electron chi connectivity index (χ0n) is 11.4. The number of aromatic nitrogens is 1. The molecular formula is C16H17N3O. The van der Waals surface area contributed by atoms with Crippen molar-refractivity contribution in [1.29, 1.82) is 0 Å². The van der Waals surface area contributed by atoms with Crippen LogP contribution in [0.15, 0.2) is 66.4 Å². The molecule has 1 heterocycles. The summed E-state index contributed by atoms with van der Waals surface area (Å²) < 4.78 is 1.93. The standard InChI is InChI=1S/C16H17N3O/c1-3-16(20)19(13-14-8-5-4-6-9-14)17-12-15-10-7-11-18(15)2/h3-12H,1,13H2,2H3/b17-12+. The Morgan fingerprint density at radius 1 is 1.30 bits per heavy atom. The van der Waals surface area contributed by atoms with Gasteiger partial charge < -0.3 is 4.57 Å². The van der Waals surface area contributed by atoms with E-state index in [2.05, 4.69) is 11.7 Å². The molecule has 4 heteroatoms. The highest BCUT2D eigenvalue weighted by Crippen LogP contribution is 2.06. The first-order valence-electron chi connectivity index (χ1n) is 6.34. The van der Waals surface area contributed by atoms with Crippen molar-refractivity contribution in [2.75, 3.05) is 0 Å². The van der Waals surface area contributed by atoms with Crippen LogP contribution in [0.25, 0.3) is 0 Å². The Balaban J connectivity index is 2.16. The van der Waals surface area contributed by atoms with Crippen LogP contribution in [-0.4, -0.2) is 21.7 Å². The van der Waals surface area contributed by atoms with Gasteiger partial charge in [-0.2, -0.15) is 5.10 Å². The van der Waals surface area contributed by atoms with Gasteiger partial charge in [-0.25, -0.2) is 5.01 Å². The van der Waals surface area contributed by atoms with E-state index in [0.29, 0.717) is 6.54 Å². The fraction of sp³-hybridized carbons (Fsp3) is 0.125. The lowest BCUT2D eigenvalue weighted by molar-refractivity contribution is -0.126. The molecule has 0 saturated carbocycles. The molecule has 102 valence electrons. The summed E-state index contributed by atoms with van der Waals surface area (Å²) in [7, 11) is 1.93. The Kier molecular flexibility index (Phi) is 4.50. The van der Waals surface area contributed by atoms with Crippen molar-refractivity contribution in [3.8, 4) is 0 Å². The lowest BCUT2D eigenvalue weighted by atomic mass is 10.2. The van der Waals surface area contributed by atoms with Crippen molar-refractivity contribution >= 4 is 12.1 Å². The molecule has 0 atom stereocenters. The number of hydrazone groups is 1. The van der Waals surface area contributed by atoms with Gasteiger partial charge in [0, 0.05) is 13.2 Å². The number of hydrogen-bond donors (Lipinski definition) is 0. The number of hydrogen-bond acceptors (Lipinski definition) is 2. The van der Waals surface area contributed by atoms with Gasteiger partial charge in [0.15, 0.2) is 0 Å². The van der Waals surface area contributed by atoms with Crippen LogP contribution in [0.4, 0.5) is 0 Å². The summed E-state index contributed by atoms with van der Waals surface area (Å²) in [5, 5.41) is 5.66. The SMILES string of the molecule is C=CC(=O)N(Cc1ccccc1)/N=C/c1cccn1C.